The molecule has 0 aromatic heterocycles. The van der Waals surface area contributed by atoms with Crippen LogP contribution < -0.4 is 0 Å². The zero-order valence-corrected chi connectivity index (χ0v) is 15.9. The maximum absolute atomic E-state index is 2.42. The molecule has 0 nitrogen and oxygen atoms in total. The van der Waals surface area contributed by atoms with E-state index in [0.717, 1.165) is 0 Å². The number of rotatable bonds is 18. The number of unbranched alkanes of at least 4 members (excludes halogenated alkanes) is 16. The predicted molar refractivity (Wildman–Crippen MR) is 104 cm³/mol. The maximum Gasteiger partial charge on any atom is -0.0351 e. The minimum atomic E-state index is 1.31. The standard InChI is InChI=1S/C22H44/c1-3-5-7-9-11-13-15-17-19-21-22-20-18-16-14-12-10-8-6-4-2/h15,17H,3-14,16,18-22H2,1-2H3/b17-15+. The maximum atomic E-state index is 2.42. The molecule has 22 heavy (non-hydrogen) atoms. The molecule has 0 aromatic carbocycles. The van der Waals surface area contributed by atoms with E-state index in [4.69, 9.17) is 0 Å². The van der Waals surface area contributed by atoms with Crippen LogP contribution >= 0.6 is 0 Å². The zero-order chi connectivity index (χ0) is 16.1. The van der Waals surface area contributed by atoms with Crippen molar-refractivity contribution in [1.29, 1.82) is 0 Å². The lowest BCUT2D eigenvalue weighted by Crippen LogP contribution is -1.82. The Morgan fingerprint density at radius 3 is 0.955 bits per heavy atom. The van der Waals surface area contributed by atoms with Crippen LogP contribution in [0.25, 0.3) is 0 Å². The van der Waals surface area contributed by atoms with E-state index in [1.165, 1.54) is 116 Å². The molecular weight excluding hydrogens is 264 g/mol. The Morgan fingerprint density at radius 2 is 0.636 bits per heavy atom. The second-order valence-corrected chi connectivity index (χ2v) is 7.00. The molecule has 0 bridgehead atoms. The van der Waals surface area contributed by atoms with Crippen LogP contribution in [0.15, 0.2) is 12.2 Å². The smallest absolute Gasteiger partial charge is 0.0351 e. The zero-order valence-electron chi connectivity index (χ0n) is 15.9. The Hall–Kier alpha value is -0.260. The third-order valence-electron chi connectivity index (χ3n) is 4.62. The molecule has 0 unspecified atom stereocenters. The van der Waals surface area contributed by atoms with E-state index in [2.05, 4.69) is 26.0 Å². The minimum Gasteiger partial charge on any atom is -0.0885 e. The van der Waals surface area contributed by atoms with Crippen LogP contribution in [-0.4, -0.2) is 0 Å². The molecule has 0 atom stereocenters. The summed E-state index contributed by atoms with van der Waals surface area (Å²) >= 11 is 0. The summed E-state index contributed by atoms with van der Waals surface area (Å²) in [7, 11) is 0. The topological polar surface area (TPSA) is 0 Å². The average Bonchev–Trinajstić information content (AvgIpc) is 2.54. The van der Waals surface area contributed by atoms with E-state index in [-0.39, 0.29) is 0 Å². The van der Waals surface area contributed by atoms with Crippen molar-refractivity contribution >= 4 is 0 Å². The minimum absolute atomic E-state index is 1.31. The first-order valence-corrected chi connectivity index (χ1v) is 10.6. The molecule has 0 radical (unpaired) electrons. The SMILES string of the molecule is CCCCCCC/C=C/CCCCCCCCCCCCC. The molecule has 0 aromatic rings. The summed E-state index contributed by atoms with van der Waals surface area (Å²) in [5.74, 6) is 0. The van der Waals surface area contributed by atoms with E-state index < -0.39 is 0 Å². The first kappa shape index (κ1) is 21.7. The largest absolute Gasteiger partial charge is 0.0885 e. The molecule has 0 saturated heterocycles. The van der Waals surface area contributed by atoms with Crippen molar-refractivity contribution in [3.8, 4) is 0 Å². The first-order valence-electron chi connectivity index (χ1n) is 10.6. The Bertz CT molecular complexity index is 204. The van der Waals surface area contributed by atoms with Crippen LogP contribution in [0.1, 0.15) is 129 Å². The average molecular weight is 309 g/mol. The van der Waals surface area contributed by atoms with Gasteiger partial charge in [-0.2, -0.15) is 0 Å². The van der Waals surface area contributed by atoms with Gasteiger partial charge in [-0.05, 0) is 25.7 Å². The van der Waals surface area contributed by atoms with Gasteiger partial charge in [0.15, 0.2) is 0 Å². The van der Waals surface area contributed by atoms with E-state index in [0.29, 0.717) is 0 Å². The van der Waals surface area contributed by atoms with Gasteiger partial charge in [0.05, 0.1) is 0 Å². The lowest BCUT2D eigenvalue weighted by atomic mass is 10.1. The molecule has 0 rings (SSSR count). The van der Waals surface area contributed by atoms with Crippen molar-refractivity contribution in [2.45, 2.75) is 129 Å². The van der Waals surface area contributed by atoms with E-state index in [9.17, 15) is 0 Å². The monoisotopic (exact) mass is 308 g/mol. The Balaban J connectivity index is 3.01. The molecule has 0 spiro atoms. The highest BCUT2D eigenvalue weighted by atomic mass is 14.0. The van der Waals surface area contributed by atoms with Crippen LogP contribution in [-0.2, 0) is 0 Å². The molecule has 0 aliphatic carbocycles. The molecule has 0 heterocycles. The molecule has 0 aliphatic rings. The lowest BCUT2D eigenvalue weighted by molar-refractivity contribution is 0.550. The van der Waals surface area contributed by atoms with Gasteiger partial charge in [-0.3, -0.25) is 0 Å². The van der Waals surface area contributed by atoms with Gasteiger partial charge >= 0.3 is 0 Å². The van der Waals surface area contributed by atoms with Gasteiger partial charge in [0, 0.05) is 0 Å². The summed E-state index contributed by atoms with van der Waals surface area (Å²) in [5.41, 5.74) is 0. The third-order valence-corrected chi connectivity index (χ3v) is 4.62. The van der Waals surface area contributed by atoms with Crippen molar-refractivity contribution in [3.63, 3.8) is 0 Å². The molecule has 132 valence electrons. The summed E-state index contributed by atoms with van der Waals surface area (Å²) in [5, 5.41) is 0. The Labute approximate surface area is 142 Å². The molecule has 0 heteroatoms. The van der Waals surface area contributed by atoms with Crippen LogP contribution in [0.5, 0.6) is 0 Å². The number of hydrogen-bond donors (Lipinski definition) is 0. The fraction of sp³-hybridized carbons (Fsp3) is 0.909. The van der Waals surface area contributed by atoms with Gasteiger partial charge in [-0.1, -0.05) is 116 Å². The van der Waals surface area contributed by atoms with Gasteiger partial charge in [0.1, 0.15) is 0 Å². The molecule has 0 N–H and O–H groups in total. The van der Waals surface area contributed by atoms with Gasteiger partial charge in [0.2, 0.25) is 0 Å². The summed E-state index contributed by atoms with van der Waals surface area (Å²) < 4.78 is 0. The van der Waals surface area contributed by atoms with Crippen LogP contribution in [0, 0.1) is 0 Å². The third kappa shape index (κ3) is 19.7. The van der Waals surface area contributed by atoms with Gasteiger partial charge in [0.25, 0.3) is 0 Å². The summed E-state index contributed by atoms with van der Waals surface area (Å²) in [4.78, 5) is 0. The normalized spacial score (nSPS) is 11.5. The predicted octanol–water partition coefficient (Wildman–Crippen LogP) is 8.60. The van der Waals surface area contributed by atoms with Crippen molar-refractivity contribution < 1.29 is 0 Å². The van der Waals surface area contributed by atoms with Crippen molar-refractivity contribution in [2.75, 3.05) is 0 Å². The second kappa shape index (κ2) is 20.7. The Kier molecular flexibility index (Phi) is 20.5. The first-order chi connectivity index (χ1) is 10.9. The highest BCUT2D eigenvalue weighted by Gasteiger charge is 1.92. The van der Waals surface area contributed by atoms with Crippen LogP contribution in [0.3, 0.4) is 0 Å². The second-order valence-electron chi connectivity index (χ2n) is 7.00. The molecule has 0 amide bonds. The quantitative estimate of drug-likeness (QED) is 0.176. The van der Waals surface area contributed by atoms with Gasteiger partial charge in [-0.15, -0.1) is 0 Å². The fourth-order valence-electron chi connectivity index (χ4n) is 3.03. The highest BCUT2D eigenvalue weighted by Crippen LogP contribution is 2.12. The molecule has 0 aliphatic heterocycles. The number of allylic oxidation sites excluding steroid dienone is 2. The summed E-state index contributed by atoms with van der Waals surface area (Å²) in [6.45, 7) is 4.58. The Morgan fingerprint density at radius 1 is 0.364 bits per heavy atom. The van der Waals surface area contributed by atoms with Crippen LogP contribution in [0.4, 0.5) is 0 Å². The fourth-order valence-corrected chi connectivity index (χ4v) is 3.03. The molecule has 0 fully saturated rings. The molecular formula is C22H44. The summed E-state index contributed by atoms with van der Waals surface area (Å²) in [6, 6.07) is 0. The van der Waals surface area contributed by atoms with E-state index in [1.807, 2.05) is 0 Å². The lowest BCUT2D eigenvalue weighted by Gasteiger charge is -2.01. The van der Waals surface area contributed by atoms with Crippen molar-refractivity contribution in [3.05, 3.63) is 12.2 Å². The highest BCUT2D eigenvalue weighted by molar-refractivity contribution is 4.81. The van der Waals surface area contributed by atoms with E-state index in [1.54, 1.807) is 0 Å². The van der Waals surface area contributed by atoms with Gasteiger partial charge in [-0.25, -0.2) is 0 Å². The summed E-state index contributed by atoms with van der Waals surface area (Å²) in [6.07, 6.45) is 30.4. The number of hydrogen-bond acceptors (Lipinski definition) is 0. The van der Waals surface area contributed by atoms with Gasteiger partial charge < -0.3 is 0 Å². The van der Waals surface area contributed by atoms with Crippen LogP contribution in [0.2, 0.25) is 0 Å². The van der Waals surface area contributed by atoms with Crippen molar-refractivity contribution in [1.82, 2.24) is 0 Å². The van der Waals surface area contributed by atoms with E-state index >= 15 is 0 Å². The van der Waals surface area contributed by atoms with Crippen molar-refractivity contribution in [2.24, 2.45) is 0 Å². The molecule has 0 saturated carbocycles.